The molecule has 4 nitrogen and oxygen atoms in total. The summed E-state index contributed by atoms with van der Waals surface area (Å²) in [6, 6.07) is 7.87. The van der Waals surface area contributed by atoms with Crippen LogP contribution in [0.5, 0.6) is 5.75 Å². The smallest absolute Gasteiger partial charge is 0.307 e. The highest BCUT2D eigenvalue weighted by molar-refractivity contribution is 5.70. The first-order valence-corrected chi connectivity index (χ1v) is 6.67. The Labute approximate surface area is 114 Å². The molecule has 2 unspecified atom stereocenters. The Bertz CT molecular complexity index is 406. The molecule has 0 saturated heterocycles. The van der Waals surface area contributed by atoms with E-state index in [1.807, 2.05) is 24.3 Å². The third-order valence-electron chi connectivity index (χ3n) is 3.53. The number of hydrogen-bond acceptors (Lipinski definition) is 3. The lowest BCUT2D eigenvalue weighted by Crippen LogP contribution is -2.26. The largest absolute Gasteiger partial charge is 0.496 e. The maximum absolute atomic E-state index is 11.1. The molecule has 0 amide bonds. The first-order chi connectivity index (χ1) is 9.12. The summed E-state index contributed by atoms with van der Waals surface area (Å²) in [4.78, 5) is 11.1. The van der Waals surface area contributed by atoms with Crippen molar-refractivity contribution in [2.75, 3.05) is 13.7 Å². The molecule has 1 aromatic rings. The predicted molar refractivity (Wildman–Crippen MR) is 75.3 cm³/mol. The van der Waals surface area contributed by atoms with E-state index in [0.29, 0.717) is 12.3 Å². The van der Waals surface area contributed by atoms with Gasteiger partial charge in [0.25, 0.3) is 0 Å². The van der Waals surface area contributed by atoms with Gasteiger partial charge in [-0.25, -0.2) is 0 Å². The lowest BCUT2D eigenvalue weighted by Gasteiger charge is -2.20. The van der Waals surface area contributed by atoms with Gasteiger partial charge in [0.1, 0.15) is 5.75 Å². The van der Waals surface area contributed by atoms with E-state index in [0.717, 1.165) is 24.2 Å². The molecule has 0 bridgehead atoms. The summed E-state index contributed by atoms with van der Waals surface area (Å²) in [5.74, 6) is -0.0952. The van der Waals surface area contributed by atoms with Gasteiger partial charge in [-0.15, -0.1) is 0 Å². The molecule has 1 rings (SSSR count). The first kappa shape index (κ1) is 15.5. The highest BCUT2D eigenvalue weighted by Crippen LogP contribution is 2.26. The van der Waals surface area contributed by atoms with Gasteiger partial charge in [-0.1, -0.05) is 31.5 Å². The fraction of sp³-hybridized carbons (Fsp3) is 0.533. The van der Waals surface area contributed by atoms with Crippen molar-refractivity contribution in [2.45, 2.75) is 26.2 Å². The predicted octanol–water partition coefficient (Wildman–Crippen LogP) is 2.31. The summed E-state index contributed by atoms with van der Waals surface area (Å²) in [6.45, 7) is 2.27. The Hall–Kier alpha value is -1.55. The number of carboxylic acids is 1. The number of nitrogens with two attached hydrogens (primary N) is 1. The van der Waals surface area contributed by atoms with Gasteiger partial charge in [-0.05, 0) is 30.4 Å². The topological polar surface area (TPSA) is 72.5 Å². The Morgan fingerprint density at radius 1 is 1.42 bits per heavy atom. The maximum atomic E-state index is 11.1. The minimum atomic E-state index is -0.805. The van der Waals surface area contributed by atoms with E-state index in [2.05, 4.69) is 6.92 Å². The van der Waals surface area contributed by atoms with Crippen LogP contribution in [0.15, 0.2) is 24.3 Å². The van der Waals surface area contributed by atoms with Gasteiger partial charge in [-0.2, -0.15) is 0 Å². The van der Waals surface area contributed by atoms with E-state index in [1.54, 1.807) is 7.11 Å². The van der Waals surface area contributed by atoms with Crippen molar-refractivity contribution in [1.82, 2.24) is 0 Å². The van der Waals surface area contributed by atoms with E-state index < -0.39 is 11.9 Å². The molecule has 19 heavy (non-hydrogen) atoms. The zero-order valence-electron chi connectivity index (χ0n) is 11.6. The van der Waals surface area contributed by atoms with Gasteiger partial charge in [0.2, 0.25) is 0 Å². The number of methoxy groups -OCH3 is 1. The minimum absolute atomic E-state index is 0.192. The molecule has 4 heteroatoms. The zero-order valence-corrected chi connectivity index (χ0v) is 11.6. The van der Waals surface area contributed by atoms with Gasteiger partial charge >= 0.3 is 5.97 Å². The van der Waals surface area contributed by atoms with Crippen molar-refractivity contribution in [3.63, 3.8) is 0 Å². The number of ether oxygens (including phenoxy) is 1. The third kappa shape index (κ3) is 4.56. The van der Waals surface area contributed by atoms with Crippen LogP contribution < -0.4 is 10.5 Å². The summed E-state index contributed by atoms with van der Waals surface area (Å²) < 4.78 is 5.33. The van der Waals surface area contributed by atoms with Crippen LogP contribution in [0.4, 0.5) is 0 Å². The number of benzene rings is 1. The van der Waals surface area contributed by atoms with Crippen LogP contribution >= 0.6 is 0 Å². The normalized spacial score (nSPS) is 13.8. The van der Waals surface area contributed by atoms with Gasteiger partial charge < -0.3 is 15.6 Å². The van der Waals surface area contributed by atoms with Crippen molar-refractivity contribution < 1.29 is 14.6 Å². The lowest BCUT2D eigenvalue weighted by molar-refractivity contribution is -0.142. The monoisotopic (exact) mass is 265 g/mol. The van der Waals surface area contributed by atoms with Crippen LogP contribution in [0.2, 0.25) is 0 Å². The number of carbonyl (C=O) groups is 1. The number of carboxylic acid groups (broad SMARTS) is 1. The number of hydrogen-bond donors (Lipinski definition) is 2. The molecule has 0 radical (unpaired) electrons. The van der Waals surface area contributed by atoms with Crippen LogP contribution in [0.3, 0.4) is 0 Å². The maximum Gasteiger partial charge on any atom is 0.307 e. The molecule has 3 N–H and O–H groups in total. The Kier molecular flexibility index (Phi) is 6.36. The first-order valence-electron chi connectivity index (χ1n) is 6.67. The van der Waals surface area contributed by atoms with Crippen molar-refractivity contribution in [3.05, 3.63) is 29.8 Å². The molecule has 106 valence electrons. The molecule has 0 aliphatic rings. The number of para-hydroxylation sites is 1. The van der Waals surface area contributed by atoms with Crippen molar-refractivity contribution >= 4 is 5.97 Å². The third-order valence-corrected chi connectivity index (χ3v) is 3.53. The summed E-state index contributed by atoms with van der Waals surface area (Å²) in [7, 11) is 1.65. The molecule has 0 fully saturated rings. The zero-order chi connectivity index (χ0) is 14.3. The summed E-state index contributed by atoms with van der Waals surface area (Å²) in [5, 5.41) is 9.08. The molecular formula is C15H23NO3. The van der Waals surface area contributed by atoms with Gasteiger partial charge in [0, 0.05) is 6.54 Å². The number of rotatable bonds is 8. The number of aliphatic carboxylic acids is 1. The second kappa shape index (κ2) is 7.79. The quantitative estimate of drug-likeness (QED) is 0.756. The Morgan fingerprint density at radius 2 is 2.11 bits per heavy atom. The van der Waals surface area contributed by atoms with E-state index >= 15 is 0 Å². The minimum Gasteiger partial charge on any atom is -0.496 e. The molecule has 1 aromatic carbocycles. The molecule has 0 aromatic heterocycles. The van der Waals surface area contributed by atoms with Crippen LogP contribution in [0.1, 0.15) is 25.3 Å². The highest BCUT2D eigenvalue weighted by Gasteiger charge is 2.21. The van der Waals surface area contributed by atoms with Crippen LogP contribution in [0, 0.1) is 11.8 Å². The summed E-state index contributed by atoms with van der Waals surface area (Å²) in [6.07, 6.45) is 2.37. The molecule has 0 heterocycles. The van der Waals surface area contributed by atoms with Crippen LogP contribution in [-0.2, 0) is 11.2 Å². The SMILES string of the molecule is CCC(Cc1ccccc1OC)CC(CN)C(=O)O. The van der Waals surface area contributed by atoms with Crippen LogP contribution in [0.25, 0.3) is 0 Å². The van der Waals surface area contributed by atoms with Gasteiger partial charge in [-0.3, -0.25) is 4.79 Å². The van der Waals surface area contributed by atoms with E-state index in [-0.39, 0.29) is 6.54 Å². The summed E-state index contributed by atoms with van der Waals surface area (Å²) in [5.41, 5.74) is 6.64. The molecular weight excluding hydrogens is 242 g/mol. The molecule has 0 saturated carbocycles. The van der Waals surface area contributed by atoms with Crippen molar-refractivity contribution in [2.24, 2.45) is 17.6 Å². The van der Waals surface area contributed by atoms with E-state index in [9.17, 15) is 4.79 Å². The Morgan fingerprint density at radius 3 is 2.63 bits per heavy atom. The summed E-state index contributed by atoms with van der Waals surface area (Å²) >= 11 is 0. The standard InChI is InChI=1S/C15H23NO3/c1-3-11(9-13(10-16)15(17)18)8-12-6-4-5-7-14(12)19-2/h4-7,11,13H,3,8-10,16H2,1-2H3,(H,17,18). The second-order valence-electron chi connectivity index (χ2n) is 4.80. The fourth-order valence-electron chi connectivity index (χ4n) is 2.28. The average Bonchev–Trinajstić information content (AvgIpc) is 2.43. The molecule has 0 spiro atoms. The van der Waals surface area contributed by atoms with Crippen LogP contribution in [-0.4, -0.2) is 24.7 Å². The van der Waals surface area contributed by atoms with E-state index in [1.165, 1.54) is 0 Å². The van der Waals surface area contributed by atoms with Crippen molar-refractivity contribution in [1.29, 1.82) is 0 Å². The van der Waals surface area contributed by atoms with E-state index in [4.69, 9.17) is 15.6 Å². The molecule has 2 atom stereocenters. The van der Waals surface area contributed by atoms with Gasteiger partial charge in [0.05, 0.1) is 13.0 Å². The highest BCUT2D eigenvalue weighted by atomic mass is 16.5. The second-order valence-corrected chi connectivity index (χ2v) is 4.80. The average molecular weight is 265 g/mol. The molecule has 0 aliphatic heterocycles. The lowest BCUT2D eigenvalue weighted by atomic mass is 9.87. The van der Waals surface area contributed by atoms with Gasteiger partial charge in [0.15, 0.2) is 0 Å². The fourth-order valence-corrected chi connectivity index (χ4v) is 2.28. The molecule has 0 aliphatic carbocycles. The van der Waals surface area contributed by atoms with Crippen molar-refractivity contribution in [3.8, 4) is 5.75 Å². The Balaban J connectivity index is 2.73.